The van der Waals surface area contributed by atoms with E-state index in [0.717, 1.165) is 16.9 Å². The minimum atomic E-state index is -0.0927. The van der Waals surface area contributed by atoms with Crippen LogP contribution in [0.5, 0.6) is 5.75 Å². The minimum absolute atomic E-state index is 0.0927. The molecule has 0 radical (unpaired) electrons. The molecular formula is C20H15Cl2NO2S2. The second kappa shape index (κ2) is 8.93. The van der Waals surface area contributed by atoms with Crippen LogP contribution in [0.4, 0.5) is 0 Å². The van der Waals surface area contributed by atoms with Crippen molar-refractivity contribution >= 4 is 63.5 Å². The van der Waals surface area contributed by atoms with Gasteiger partial charge in [0.25, 0.3) is 5.91 Å². The Hall–Kier alpha value is -1.79. The summed E-state index contributed by atoms with van der Waals surface area (Å²) in [4.78, 5) is 14.5. The van der Waals surface area contributed by atoms with Crippen molar-refractivity contribution in [3.05, 3.63) is 81.2 Å². The van der Waals surface area contributed by atoms with E-state index >= 15 is 0 Å². The molecule has 2 aromatic carbocycles. The van der Waals surface area contributed by atoms with Gasteiger partial charge in [-0.2, -0.15) is 0 Å². The van der Waals surface area contributed by atoms with E-state index in [-0.39, 0.29) is 5.91 Å². The van der Waals surface area contributed by atoms with Gasteiger partial charge in [-0.1, -0.05) is 71.5 Å². The first-order valence-corrected chi connectivity index (χ1v) is 9.99. The van der Waals surface area contributed by atoms with E-state index in [9.17, 15) is 4.79 Å². The Labute approximate surface area is 177 Å². The fraction of sp³-hybridized carbons (Fsp3) is 0.100. The number of hydrogen-bond acceptors (Lipinski definition) is 4. The maximum atomic E-state index is 12.3. The number of thiocarbonyl (C=S) groups is 1. The van der Waals surface area contributed by atoms with Crippen molar-refractivity contribution in [1.29, 1.82) is 0 Å². The number of carbonyl (C=O) groups excluding carboxylic acids is 1. The van der Waals surface area contributed by atoms with Crippen LogP contribution in [-0.2, 0) is 11.4 Å². The number of benzene rings is 2. The summed E-state index contributed by atoms with van der Waals surface area (Å²) in [5, 5.41) is 1.02. The molecule has 1 saturated heterocycles. The highest BCUT2D eigenvalue weighted by atomic mass is 35.5. The Morgan fingerprint density at radius 1 is 1.15 bits per heavy atom. The first-order valence-electron chi connectivity index (χ1n) is 8.01. The molecule has 1 heterocycles. The molecule has 0 aromatic heterocycles. The lowest BCUT2D eigenvalue weighted by atomic mass is 10.2. The molecule has 7 heteroatoms. The predicted molar refractivity (Wildman–Crippen MR) is 117 cm³/mol. The molecule has 1 aliphatic rings. The van der Waals surface area contributed by atoms with Crippen LogP contribution in [0, 0.1) is 0 Å². The van der Waals surface area contributed by atoms with Gasteiger partial charge < -0.3 is 4.74 Å². The zero-order valence-electron chi connectivity index (χ0n) is 14.2. The average molecular weight is 436 g/mol. The SMILES string of the molecule is C=CCN1C(=O)C(=Cc2ccc(OCc3ccc(Cl)c(Cl)c3)cc2)SC1=S. The number of thioether (sulfide) groups is 1. The van der Waals surface area contributed by atoms with E-state index in [1.165, 1.54) is 16.7 Å². The Bertz CT molecular complexity index is 926. The Morgan fingerprint density at radius 2 is 1.89 bits per heavy atom. The largest absolute Gasteiger partial charge is 0.489 e. The van der Waals surface area contributed by atoms with Crippen LogP contribution in [0.2, 0.25) is 10.0 Å². The van der Waals surface area contributed by atoms with Crippen LogP contribution < -0.4 is 4.74 Å². The molecule has 138 valence electrons. The van der Waals surface area contributed by atoms with Crippen LogP contribution in [0.25, 0.3) is 6.08 Å². The molecule has 1 amide bonds. The second-order valence-electron chi connectivity index (χ2n) is 5.69. The van der Waals surface area contributed by atoms with Gasteiger partial charge in [-0.15, -0.1) is 6.58 Å². The summed E-state index contributed by atoms with van der Waals surface area (Å²) in [7, 11) is 0. The highest BCUT2D eigenvalue weighted by molar-refractivity contribution is 8.26. The molecular weight excluding hydrogens is 421 g/mol. The third kappa shape index (κ3) is 4.93. The maximum absolute atomic E-state index is 12.3. The molecule has 0 atom stereocenters. The quantitative estimate of drug-likeness (QED) is 0.318. The summed E-state index contributed by atoms with van der Waals surface area (Å²) >= 11 is 18.5. The van der Waals surface area contributed by atoms with Crippen molar-refractivity contribution in [3.63, 3.8) is 0 Å². The van der Waals surface area contributed by atoms with Crippen molar-refractivity contribution in [2.45, 2.75) is 6.61 Å². The molecule has 1 fully saturated rings. The zero-order valence-corrected chi connectivity index (χ0v) is 17.3. The van der Waals surface area contributed by atoms with E-state index < -0.39 is 0 Å². The summed E-state index contributed by atoms with van der Waals surface area (Å²) < 4.78 is 6.31. The molecule has 1 aliphatic heterocycles. The highest BCUT2D eigenvalue weighted by Crippen LogP contribution is 2.32. The van der Waals surface area contributed by atoms with E-state index in [2.05, 4.69) is 6.58 Å². The van der Waals surface area contributed by atoms with Gasteiger partial charge >= 0.3 is 0 Å². The zero-order chi connectivity index (χ0) is 19.4. The van der Waals surface area contributed by atoms with Gasteiger partial charge in [-0.3, -0.25) is 9.69 Å². The Morgan fingerprint density at radius 3 is 2.56 bits per heavy atom. The van der Waals surface area contributed by atoms with Crippen molar-refractivity contribution in [2.75, 3.05) is 6.54 Å². The monoisotopic (exact) mass is 435 g/mol. The second-order valence-corrected chi connectivity index (χ2v) is 8.18. The molecule has 0 bridgehead atoms. The van der Waals surface area contributed by atoms with Crippen LogP contribution in [0.15, 0.2) is 60.0 Å². The molecule has 0 aliphatic carbocycles. The fourth-order valence-electron chi connectivity index (χ4n) is 2.39. The fourth-order valence-corrected chi connectivity index (χ4v) is 3.99. The van der Waals surface area contributed by atoms with E-state index in [4.69, 9.17) is 40.2 Å². The van der Waals surface area contributed by atoms with Crippen molar-refractivity contribution in [1.82, 2.24) is 4.90 Å². The first-order chi connectivity index (χ1) is 13.0. The molecule has 3 nitrogen and oxygen atoms in total. The van der Waals surface area contributed by atoms with E-state index in [1.54, 1.807) is 18.2 Å². The smallest absolute Gasteiger partial charge is 0.266 e. The van der Waals surface area contributed by atoms with Crippen LogP contribution >= 0.6 is 47.2 Å². The minimum Gasteiger partial charge on any atom is -0.489 e. The summed E-state index contributed by atoms with van der Waals surface area (Å²) in [6.45, 7) is 4.46. The van der Waals surface area contributed by atoms with Gasteiger partial charge in [-0.05, 0) is 41.5 Å². The maximum Gasteiger partial charge on any atom is 0.266 e. The first kappa shape index (κ1) is 20.0. The molecule has 27 heavy (non-hydrogen) atoms. The van der Waals surface area contributed by atoms with E-state index in [0.29, 0.717) is 32.4 Å². The van der Waals surface area contributed by atoms with Gasteiger partial charge in [0.15, 0.2) is 0 Å². The van der Waals surface area contributed by atoms with Crippen LogP contribution in [0.1, 0.15) is 11.1 Å². The topological polar surface area (TPSA) is 29.5 Å². The lowest BCUT2D eigenvalue weighted by Crippen LogP contribution is -2.27. The van der Waals surface area contributed by atoms with E-state index in [1.807, 2.05) is 36.4 Å². The predicted octanol–water partition coefficient (Wildman–Crippen LogP) is 5.96. The van der Waals surface area contributed by atoms with Crippen molar-refractivity contribution in [3.8, 4) is 5.75 Å². The van der Waals surface area contributed by atoms with Crippen molar-refractivity contribution in [2.24, 2.45) is 0 Å². The summed E-state index contributed by atoms with van der Waals surface area (Å²) in [5.74, 6) is 0.627. The molecule has 0 N–H and O–H groups in total. The number of halogens is 2. The average Bonchev–Trinajstić information content (AvgIpc) is 2.92. The summed E-state index contributed by atoms with van der Waals surface area (Å²) in [6.07, 6.45) is 3.48. The molecule has 2 aromatic rings. The third-order valence-corrected chi connectivity index (χ3v) is 5.87. The number of ether oxygens (including phenoxy) is 1. The highest BCUT2D eigenvalue weighted by Gasteiger charge is 2.30. The normalized spacial score (nSPS) is 15.5. The number of carbonyl (C=O) groups is 1. The number of hydrogen-bond donors (Lipinski definition) is 0. The van der Waals surface area contributed by atoms with Crippen LogP contribution in [-0.4, -0.2) is 21.7 Å². The molecule has 0 unspecified atom stereocenters. The molecule has 0 spiro atoms. The van der Waals surface area contributed by atoms with Gasteiger partial charge in [-0.25, -0.2) is 0 Å². The van der Waals surface area contributed by atoms with Gasteiger partial charge in [0, 0.05) is 6.54 Å². The summed E-state index contributed by atoms with van der Waals surface area (Å²) in [5.41, 5.74) is 1.83. The third-order valence-electron chi connectivity index (χ3n) is 3.75. The van der Waals surface area contributed by atoms with Gasteiger partial charge in [0.2, 0.25) is 0 Å². The lowest BCUT2D eigenvalue weighted by molar-refractivity contribution is -0.121. The van der Waals surface area contributed by atoms with Gasteiger partial charge in [0.05, 0.1) is 15.0 Å². The lowest BCUT2D eigenvalue weighted by Gasteiger charge is -2.10. The number of rotatable bonds is 6. The summed E-state index contributed by atoms with van der Waals surface area (Å²) in [6, 6.07) is 12.9. The number of amides is 1. The molecule has 0 saturated carbocycles. The Kier molecular flexibility index (Phi) is 6.60. The molecule has 3 rings (SSSR count). The van der Waals surface area contributed by atoms with Crippen LogP contribution in [0.3, 0.4) is 0 Å². The van der Waals surface area contributed by atoms with Gasteiger partial charge in [0.1, 0.15) is 16.7 Å². The Balaban J connectivity index is 1.65. The van der Waals surface area contributed by atoms with Crippen molar-refractivity contribution < 1.29 is 9.53 Å². The number of nitrogens with zero attached hydrogens (tertiary/aromatic N) is 1. The standard InChI is InChI=1S/C20H15Cl2NO2S2/c1-2-9-23-19(24)18(27-20(23)26)11-13-3-6-15(7-4-13)25-12-14-5-8-16(21)17(22)10-14/h2-8,10-11H,1,9,12H2.